The van der Waals surface area contributed by atoms with Crippen molar-refractivity contribution in [2.24, 2.45) is 5.92 Å². The van der Waals surface area contributed by atoms with Crippen LogP contribution < -0.4 is 5.32 Å². The summed E-state index contributed by atoms with van der Waals surface area (Å²) in [5.74, 6) is -1.16. The summed E-state index contributed by atoms with van der Waals surface area (Å²) in [6, 6.07) is 6.73. The molecule has 2 N–H and O–H groups in total. The van der Waals surface area contributed by atoms with Crippen LogP contribution in [0.15, 0.2) is 33.2 Å². The summed E-state index contributed by atoms with van der Waals surface area (Å²) in [5, 5.41) is 12.4. The minimum absolute atomic E-state index is 0.0150. The van der Waals surface area contributed by atoms with Crippen molar-refractivity contribution < 1.29 is 19.1 Å². The van der Waals surface area contributed by atoms with Crippen LogP contribution in [-0.2, 0) is 4.79 Å². The molecule has 2 aromatic rings. The van der Waals surface area contributed by atoms with Crippen LogP contribution in [0.2, 0.25) is 0 Å². The predicted octanol–water partition coefficient (Wildman–Crippen LogP) is 3.42. The highest BCUT2D eigenvalue weighted by Gasteiger charge is 2.22. The van der Waals surface area contributed by atoms with Crippen LogP contribution in [0.3, 0.4) is 0 Å². The number of rotatable bonds is 5. The van der Waals surface area contributed by atoms with E-state index < -0.39 is 17.9 Å². The average Bonchev–Trinajstić information content (AvgIpc) is 2.82. The van der Waals surface area contributed by atoms with Crippen LogP contribution in [0, 0.1) is 5.92 Å². The second kappa shape index (κ2) is 6.30. The quantitative estimate of drug-likeness (QED) is 0.862. The molecular weight excluding hydrogens is 338 g/mol. The number of fused-ring (bicyclic) bond motifs is 1. The number of halogens is 1. The normalized spacial score (nSPS) is 12.6. The number of hydrogen-bond donors (Lipinski definition) is 2. The van der Waals surface area contributed by atoms with E-state index in [9.17, 15) is 9.59 Å². The highest BCUT2D eigenvalue weighted by molar-refractivity contribution is 9.10. The Morgan fingerprint density at radius 3 is 2.67 bits per heavy atom. The number of carboxylic acid groups (broad SMARTS) is 1. The van der Waals surface area contributed by atoms with E-state index in [0.29, 0.717) is 5.58 Å². The zero-order valence-electron chi connectivity index (χ0n) is 11.7. The van der Waals surface area contributed by atoms with Gasteiger partial charge in [0.15, 0.2) is 5.76 Å². The summed E-state index contributed by atoms with van der Waals surface area (Å²) >= 11 is 3.36. The van der Waals surface area contributed by atoms with E-state index in [0.717, 1.165) is 9.86 Å². The van der Waals surface area contributed by atoms with Crippen molar-refractivity contribution in [3.8, 4) is 0 Å². The number of carbonyl (C=O) groups is 2. The molecule has 6 heteroatoms. The summed E-state index contributed by atoms with van der Waals surface area (Å²) in [6.45, 7) is 3.73. The molecule has 0 saturated heterocycles. The third-order valence-electron chi connectivity index (χ3n) is 3.24. The molecule has 0 spiro atoms. The third kappa shape index (κ3) is 3.64. The van der Waals surface area contributed by atoms with Crippen LogP contribution in [0.4, 0.5) is 0 Å². The Hall–Kier alpha value is -1.82. The number of aliphatic carboxylic acids is 1. The topological polar surface area (TPSA) is 79.5 Å². The van der Waals surface area contributed by atoms with Crippen molar-refractivity contribution in [3.05, 3.63) is 34.5 Å². The number of amides is 1. The lowest BCUT2D eigenvalue weighted by Gasteiger charge is -2.19. The van der Waals surface area contributed by atoms with E-state index >= 15 is 0 Å². The number of carbonyl (C=O) groups excluding carboxylic acids is 1. The SMILES string of the molecule is CC(C)C(CC(=O)O)NC(=O)c1cc2cccc(Br)c2o1. The zero-order valence-corrected chi connectivity index (χ0v) is 13.3. The van der Waals surface area contributed by atoms with E-state index in [1.54, 1.807) is 6.07 Å². The summed E-state index contributed by atoms with van der Waals surface area (Å²) in [4.78, 5) is 23.0. The first kappa shape index (κ1) is 15.6. The largest absolute Gasteiger partial charge is 0.481 e. The molecule has 1 unspecified atom stereocenters. The first-order chi connectivity index (χ1) is 9.88. The Labute approximate surface area is 130 Å². The molecule has 0 radical (unpaired) electrons. The fraction of sp³-hybridized carbons (Fsp3) is 0.333. The number of para-hydroxylation sites is 1. The van der Waals surface area contributed by atoms with Gasteiger partial charge < -0.3 is 14.8 Å². The van der Waals surface area contributed by atoms with Crippen LogP contribution in [0.1, 0.15) is 30.8 Å². The summed E-state index contributed by atoms with van der Waals surface area (Å²) in [7, 11) is 0. The van der Waals surface area contributed by atoms with Gasteiger partial charge in [-0.05, 0) is 34.0 Å². The van der Waals surface area contributed by atoms with E-state index in [1.165, 1.54) is 0 Å². The van der Waals surface area contributed by atoms with Gasteiger partial charge in [0.05, 0.1) is 10.9 Å². The maximum atomic E-state index is 12.2. The number of hydrogen-bond acceptors (Lipinski definition) is 3. The first-order valence-electron chi connectivity index (χ1n) is 6.59. The van der Waals surface area contributed by atoms with Crippen molar-refractivity contribution in [1.82, 2.24) is 5.32 Å². The fourth-order valence-electron chi connectivity index (χ4n) is 2.02. The molecule has 21 heavy (non-hydrogen) atoms. The van der Waals surface area contributed by atoms with Crippen LogP contribution in [0.25, 0.3) is 11.0 Å². The fourth-order valence-corrected chi connectivity index (χ4v) is 2.48. The van der Waals surface area contributed by atoms with E-state index in [2.05, 4.69) is 21.2 Å². The summed E-state index contributed by atoms with van der Waals surface area (Å²) in [5.41, 5.74) is 0.599. The Morgan fingerprint density at radius 2 is 2.10 bits per heavy atom. The van der Waals surface area contributed by atoms with Crippen molar-refractivity contribution in [2.45, 2.75) is 26.3 Å². The van der Waals surface area contributed by atoms with Crippen molar-refractivity contribution >= 4 is 38.8 Å². The molecule has 0 aliphatic heterocycles. The van der Waals surface area contributed by atoms with E-state index in [-0.39, 0.29) is 18.1 Å². The van der Waals surface area contributed by atoms with Gasteiger partial charge in [0.25, 0.3) is 5.91 Å². The molecule has 0 bridgehead atoms. The molecule has 1 aromatic heterocycles. The van der Waals surface area contributed by atoms with Gasteiger partial charge in [-0.3, -0.25) is 9.59 Å². The monoisotopic (exact) mass is 353 g/mol. The number of benzene rings is 1. The molecule has 1 aromatic carbocycles. The maximum Gasteiger partial charge on any atom is 0.305 e. The Morgan fingerprint density at radius 1 is 1.38 bits per heavy atom. The minimum atomic E-state index is -0.943. The molecule has 112 valence electrons. The predicted molar refractivity (Wildman–Crippen MR) is 82.3 cm³/mol. The molecule has 0 aliphatic rings. The van der Waals surface area contributed by atoms with Crippen LogP contribution in [0.5, 0.6) is 0 Å². The van der Waals surface area contributed by atoms with Crippen molar-refractivity contribution in [3.63, 3.8) is 0 Å². The lowest BCUT2D eigenvalue weighted by Crippen LogP contribution is -2.39. The summed E-state index contributed by atoms with van der Waals surface area (Å²) < 4.78 is 6.31. The molecule has 1 heterocycles. The van der Waals surface area contributed by atoms with Crippen molar-refractivity contribution in [1.29, 1.82) is 0 Å². The second-order valence-electron chi connectivity index (χ2n) is 5.19. The van der Waals surface area contributed by atoms with Crippen molar-refractivity contribution in [2.75, 3.05) is 0 Å². The standard InChI is InChI=1S/C15H16BrNO4/c1-8(2)11(7-13(18)19)17-15(20)12-6-9-4-3-5-10(16)14(9)21-12/h3-6,8,11H,7H2,1-2H3,(H,17,20)(H,18,19). The average molecular weight is 354 g/mol. The number of nitrogens with one attached hydrogen (secondary N) is 1. The molecule has 2 rings (SSSR count). The first-order valence-corrected chi connectivity index (χ1v) is 7.38. The Kier molecular flexibility index (Phi) is 4.67. The Balaban J connectivity index is 2.21. The maximum absolute atomic E-state index is 12.2. The number of furan rings is 1. The highest BCUT2D eigenvalue weighted by atomic mass is 79.9. The lowest BCUT2D eigenvalue weighted by atomic mass is 10.0. The zero-order chi connectivity index (χ0) is 15.6. The van der Waals surface area contributed by atoms with E-state index in [4.69, 9.17) is 9.52 Å². The Bertz CT molecular complexity index is 677. The van der Waals surface area contributed by atoms with Gasteiger partial charge in [0.2, 0.25) is 0 Å². The van der Waals surface area contributed by atoms with Crippen LogP contribution in [-0.4, -0.2) is 23.0 Å². The lowest BCUT2D eigenvalue weighted by molar-refractivity contribution is -0.137. The molecule has 1 atom stereocenters. The van der Waals surface area contributed by atoms with Gasteiger partial charge >= 0.3 is 5.97 Å². The highest BCUT2D eigenvalue weighted by Crippen LogP contribution is 2.27. The van der Waals surface area contributed by atoms with Gasteiger partial charge in [0.1, 0.15) is 5.58 Å². The molecule has 0 saturated carbocycles. The number of carboxylic acids is 1. The second-order valence-corrected chi connectivity index (χ2v) is 6.05. The summed E-state index contributed by atoms with van der Waals surface area (Å²) in [6.07, 6.45) is -0.118. The molecule has 1 amide bonds. The minimum Gasteiger partial charge on any atom is -0.481 e. The van der Waals surface area contributed by atoms with Gasteiger partial charge in [-0.25, -0.2) is 0 Å². The molecule has 0 aliphatic carbocycles. The molecular formula is C15H16BrNO4. The molecule has 0 fully saturated rings. The van der Waals surface area contributed by atoms with E-state index in [1.807, 2.05) is 32.0 Å². The third-order valence-corrected chi connectivity index (χ3v) is 3.86. The van der Waals surface area contributed by atoms with Gasteiger partial charge in [-0.1, -0.05) is 26.0 Å². The smallest absolute Gasteiger partial charge is 0.305 e. The van der Waals surface area contributed by atoms with Gasteiger partial charge in [-0.15, -0.1) is 0 Å². The van der Waals surface area contributed by atoms with Gasteiger partial charge in [-0.2, -0.15) is 0 Å². The van der Waals surface area contributed by atoms with Crippen LogP contribution >= 0.6 is 15.9 Å². The van der Waals surface area contributed by atoms with Gasteiger partial charge in [0, 0.05) is 11.4 Å². The molecule has 5 nitrogen and oxygen atoms in total.